The maximum atomic E-state index is 12.2. The molecule has 5 nitrogen and oxygen atoms in total. The Hall–Kier alpha value is -1.11. The van der Waals surface area contributed by atoms with Crippen molar-refractivity contribution in [2.45, 2.75) is 24.8 Å². The minimum absolute atomic E-state index is 0.124. The smallest absolute Gasteiger partial charge is 0.180 e. The summed E-state index contributed by atoms with van der Waals surface area (Å²) in [4.78, 5) is 5.16. The fourth-order valence-corrected chi connectivity index (χ4v) is 3.80. The fraction of sp³-hybridized carbons (Fsp3) is 0.625. The summed E-state index contributed by atoms with van der Waals surface area (Å²) in [6.45, 7) is 9.03. The Morgan fingerprint density at radius 2 is 1.82 bits per heavy atom. The zero-order valence-corrected chi connectivity index (χ0v) is 14.6. The highest BCUT2D eigenvalue weighted by atomic mass is 32.2. The van der Waals surface area contributed by atoms with E-state index in [0.717, 1.165) is 32.7 Å². The molecule has 6 heteroatoms. The second-order valence-electron chi connectivity index (χ2n) is 6.05. The van der Waals surface area contributed by atoms with Crippen molar-refractivity contribution in [2.24, 2.45) is 0 Å². The minimum atomic E-state index is -3.20. The lowest BCUT2D eigenvalue weighted by Gasteiger charge is -2.34. The number of piperazine rings is 1. The van der Waals surface area contributed by atoms with Crippen LogP contribution < -0.4 is 5.32 Å². The van der Waals surface area contributed by atoms with Gasteiger partial charge < -0.3 is 10.2 Å². The number of para-hydroxylation sites is 1. The standard InChI is InChI=1S/C16H27N3O2S/c1-4-22(20,21)16-8-6-5-7-15(16)17-14(2)13-19-11-9-18(3)10-12-19/h5-8,14,17H,4,9-13H2,1-3H3/t14-/m1/s1. The summed E-state index contributed by atoms with van der Waals surface area (Å²) in [6.07, 6.45) is 0. The van der Waals surface area contributed by atoms with Crippen LogP contribution in [0.25, 0.3) is 0 Å². The maximum Gasteiger partial charge on any atom is 0.180 e. The van der Waals surface area contributed by atoms with E-state index < -0.39 is 9.84 Å². The molecular weight excluding hydrogens is 298 g/mol. The quantitative estimate of drug-likeness (QED) is 0.859. The normalized spacial score (nSPS) is 19.0. The van der Waals surface area contributed by atoms with Gasteiger partial charge in [0.25, 0.3) is 0 Å². The molecule has 0 unspecified atom stereocenters. The van der Waals surface area contributed by atoms with Crippen molar-refractivity contribution < 1.29 is 8.42 Å². The molecule has 1 heterocycles. The molecule has 1 N–H and O–H groups in total. The van der Waals surface area contributed by atoms with Gasteiger partial charge >= 0.3 is 0 Å². The summed E-state index contributed by atoms with van der Waals surface area (Å²) in [7, 11) is -1.05. The van der Waals surface area contributed by atoms with Gasteiger partial charge in [0.1, 0.15) is 0 Å². The highest BCUT2D eigenvalue weighted by Crippen LogP contribution is 2.22. The largest absolute Gasteiger partial charge is 0.380 e. The minimum Gasteiger partial charge on any atom is -0.380 e. The van der Waals surface area contributed by atoms with Crippen molar-refractivity contribution in [1.82, 2.24) is 9.80 Å². The number of likely N-dealkylation sites (N-methyl/N-ethyl adjacent to an activating group) is 1. The van der Waals surface area contributed by atoms with Crippen molar-refractivity contribution in [3.63, 3.8) is 0 Å². The Bertz CT molecular complexity index is 581. The van der Waals surface area contributed by atoms with E-state index in [2.05, 4.69) is 29.1 Å². The van der Waals surface area contributed by atoms with Crippen LogP contribution in [0, 0.1) is 0 Å². The lowest BCUT2D eigenvalue weighted by atomic mass is 10.2. The average Bonchev–Trinajstić information content (AvgIpc) is 2.50. The SMILES string of the molecule is CCS(=O)(=O)c1ccccc1N[C@H](C)CN1CCN(C)CC1. The fourth-order valence-electron chi connectivity index (χ4n) is 2.74. The molecule has 0 saturated carbocycles. The van der Waals surface area contributed by atoms with E-state index >= 15 is 0 Å². The first-order chi connectivity index (χ1) is 10.4. The van der Waals surface area contributed by atoms with Crippen LogP contribution in [0.15, 0.2) is 29.2 Å². The topological polar surface area (TPSA) is 52.7 Å². The predicted molar refractivity (Wildman–Crippen MR) is 91.2 cm³/mol. The van der Waals surface area contributed by atoms with E-state index in [1.165, 1.54) is 0 Å². The van der Waals surface area contributed by atoms with Gasteiger partial charge in [-0.2, -0.15) is 0 Å². The third kappa shape index (κ3) is 4.44. The van der Waals surface area contributed by atoms with Gasteiger partial charge in [0.15, 0.2) is 9.84 Å². The second-order valence-corrected chi connectivity index (χ2v) is 8.30. The third-order valence-corrected chi connectivity index (χ3v) is 5.92. The highest BCUT2D eigenvalue weighted by molar-refractivity contribution is 7.91. The predicted octanol–water partition coefficient (Wildman–Crippen LogP) is 1.53. The summed E-state index contributed by atoms with van der Waals surface area (Å²) in [5.74, 6) is 0.124. The van der Waals surface area contributed by atoms with Crippen molar-refractivity contribution in [1.29, 1.82) is 0 Å². The van der Waals surface area contributed by atoms with E-state index in [0.29, 0.717) is 10.6 Å². The molecule has 0 aliphatic carbocycles. The number of nitrogens with zero attached hydrogens (tertiary/aromatic N) is 2. The van der Waals surface area contributed by atoms with Crippen LogP contribution in [-0.4, -0.2) is 69.8 Å². The number of hydrogen-bond acceptors (Lipinski definition) is 5. The van der Waals surface area contributed by atoms with Crippen LogP contribution in [0.5, 0.6) is 0 Å². The molecule has 0 spiro atoms. The Labute approximate surface area is 134 Å². The summed E-state index contributed by atoms with van der Waals surface area (Å²) < 4.78 is 24.3. The lowest BCUT2D eigenvalue weighted by Crippen LogP contribution is -2.47. The third-order valence-electron chi connectivity index (χ3n) is 4.13. The van der Waals surface area contributed by atoms with Crippen molar-refractivity contribution in [2.75, 3.05) is 50.8 Å². The maximum absolute atomic E-state index is 12.2. The first-order valence-electron chi connectivity index (χ1n) is 7.91. The molecule has 0 amide bonds. The zero-order valence-electron chi connectivity index (χ0n) is 13.7. The van der Waals surface area contributed by atoms with Crippen molar-refractivity contribution >= 4 is 15.5 Å². The van der Waals surface area contributed by atoms with Crippen LogP contribution >= 0.6 is 0 Å². The Balaban J connectivity index is 2.01. The summed E-state index contributed by atoms with van der Waals surface area (Å²) in [6, 6.07) is 7.39. The number of rotatable bonds is 6. The van der Waals surface area contributed by atoms with Gasteiger partial charge in [-0.15, -0.1) is 0 Å². The molecule has 1 aliphatic rings. The molecule has 1 aromatic carbocycles. The molecule has 1 fully saturated rings. The molecule has 2 rings (SSSR count). The van der Waals surface area contributed by atoms with Gasteiger partial charge in [-0.1, -0.05) is 19.1 Å². The van der Waals surface area contributed by atoms with Gasteiger partial charge in [0.2, 0.25) is 0 Å². The monoisotopic (exact) mass is 325 g/mol. The van der Waals surface area contributed by atoms with Crippen LogP contribution in [0.2, 0.25) is 0 Å². The summed E-state index contributed by atoms with van der Waals surface area (Å²) >= 11 is 0. The number of nitrogens with one attached hydrogen (secondary N) is 1. The van der Waals surface area contributed by atoms with Crippen LogP contribution in [0.1, 0.15) is 13.8 Å². The van der Waals surface area contributed by atoms with Crippen LogP contribution in [0.4, 0.5) is 5.69 Å². The van der Waals surface area contributed by atoms with E-state index in [1.54, 1.807) is 19.1 Å². The molecule has 1 aliphatic heterocycles. The summed E-state index contributed by atoms with van der Waals surface area (Å²) in [5.41, 5.74) is 0.714. The number of anilines is 1. The second kappa shape index (κ2) is 7.44. The average molecular weight is 325 g/mol. The number of sulfone groups is 1. The van der Waals surface area contributed by atoms with Crippen LogP contribution in [-0.2, 0) is 9.84 Å². The highest BCUT2D eigenvalue weighted by Gasteiger charge is 2.19. The molecule has 1 saturated heterocycles. The molecule has 0 radical (unpaired) electrons. The van der Waals surface area contributed by atoms with E-state index in [9.17, 15) is 8.42 Å². The van der Waals surface area contributed by atoms with E-state index in [1.807, 2.05) is 12.1 Å². The molecule has 1 aromatic rings. The van der Waals surface area contributed by atoms with E-state index in [-0.39, 0.29) is 11.8 Å². The number of hydrogen-bond donors (Lipinski definition) is 1. The van der Waals surface area contributed by atoms with Crippen molar-refractivity contribution in [3.8, 4) is 0 Å². The van der Waals surface area contributed by atoms with Gasteiger partial charge in [-0.25, -0.2) is 8.42 Å². The zero-order chi connectivity index (χ0) is 16.2. The van der Waals surface area contributed by atoms with Crippen LogP contribution in [0.3, 0.4) is 0 Å². The summed E-state index contributed by atoms with van der Waals surface area (Å²) in [5, 5.41) is 3.37. The molecule has 0 aromatic heterocycles. The Morgan fingerprint density at radius 1 is 1.18 bits per heavy atom. The lowest BCUT2D eigenvalue weighted by molar-refractivity contribution is 0.151. The van der Waals surface area contributed by atoms with Gasteiger partial charge in [0, 0.05) is 38.8 Å². The molecule has 22 heavy (non-hydrogen) atoms. The van der Waals surface area contributed by atoms with Gasteiger partial charge in [0.05, 0.1) is 16.3 Å². The molecule has 0 bridgehead atoms. The van der Waals surface area contributed by atoms with Crippen molar-refractivity contribution in [3.05, 3.63) is 24.3 Å². The molecular formula is C16H27N3O2S. The van der Waals surface area contributed by atoms with Gasteiger partial charge in [-0.05, 0) is 26.1 Å². The van der Waals surface area contributed by atoms with E-state index in [4.69, 9.17) is 0 Å². The molecule has 1 atom stereocenters. The first-order valence-corrected chi connectivity index (χ1v) is 9.57. The first kappa shape index (κ1) is 17.2. The Kier molecular flexibility index (Phi) is 5.83. The Morgan fingerprint density at radius 3 is 2.45 bits per heavy atom. The van der Waals surface area contributed by atoms with Gasteiger partial charge in [-0.3, -0.25) is 4.90 Å². The molecule has 124 valence electrons. The number of benzene rings is 1.